The minimum atomic E-state index is -0.889. The normalized spacial score (nSPS) is 21.0. The SMILES string of the molecule is O=C(N1CCOC[C@@H](Cc2cccc3cccnc23)C1)C1(c2ccccc2F)CCOCC1. The molecule has 6 heteroatoms. The molecule has 0 saturated carbocycles. The number of halogens is 1. The smallest absolute Gasteiger partial charge is 0.233 e. The van der Waals surface area contributed by atoms with Crippen LogP contribution in [0.25, 0.3) is 10.9 Å². The van der Waals surface area contributed by atoms with Crippen molar-refractivity contribution in [1.82, 2.24) is 9.88 Å². The van der Waals surface area contributed by atoms with Crippen LogP contribution >= 0.6 is 0 Å². The lowest BCUT2D eigenvalue weighted by Crippen LogP contribution is -2.51. The fraction of sp³-hybridized carbons (Fsp3) is 0.407. The van der Waals surface area contributed by atoms with E-state index in [4.69, 9.17) is 9.47 Å². The minimum Gasteiger partial charge on any atom is -0.381 e. The summed E-state index contributed by atoms with van der Waals surface area (Å²) in [6.07, 6.45) is 3.56. The van der Waals surface area contributed by atoms with E-state index in [9.17, 15) is 9.18 Å². The average Bonchev–Trinajstić information content (AvgIpc) is 3.10. The van der Waals surface area contributed by atoms with E-state index in [1.54, 1.807) is 12.1 Å². The number of hydrogen-bond donors (Lipinski definition) is 0. The molecule has 2 aliphatic heterocycles. The first-order valence-electron chi connectivity index (χ1n) is 11.7. The van der Waals surface area contributed by atoms with E-state index < -0.39 is 5.41 Å². The van der Waals surface area contributed by atoms with E-state index in [2.05, 4.69) is 29.2 Å². The van der Waals surface area contributed by atoms with Gasteiger partial charge in [-0.1, -0.05) is 42.5 Å². The molecule has 0 N–H and O–H groups in total. The van der Waals surface area contributed by atoms with Crippen molar-refractivity contribution in [3.63, 3.8) is 0 Å². The first kappa shape index (κ1) is 22.0. The van der Waals surface area contributed by atoms with Gasteiger partial charge in [0.05, 0.1) is 24.1 Å². The predicted octanol–water partition coefficient (Wildman–Crippen LogP) is 4.14. The number of fused-ring (bicyclic) bond motifs is 1. The zero-order chi connectivity index (χ0) is 22.7. The van der Waals surface area contributed by atoms with Crippen LogP contribution in [-0.2, 0) is 26.1 Å². The Morgan fingerprint density at radius 2 is 1.85 bits per heavy atom. The highest BCUT2D eigenvalue weighted by molar-refractivity contribution is 5.88. The van der Waals surface area contributed by atoms with Crippen LogP contribution in [0.15, 0.2) is 60.8 Å². The molecular weight excluding hydrogens is 419 g/mol. The maximum atomic E-state index is 14.9. The first-order chi connectivity index (χ1) is 16.2. The summed E-state index contributed by atoms with van der Waals surface area (Å²) in [6, 6.07) is 16.9. The Balaban J connectivity index is 1.42. The first-order valence-corrected chi connectivity index (χ1v) is 11.7. The van der Waals surface area contributed by atoms with Gasteiger partial charge in [0.25, 0.3) is 0 Å². The number of amides is 1. The van der Waals surface area contributed by atoms with Gasteiger partial charge in [-0.3, -0.25) is 9.78 Å². The summed E-state index contributed by atoms with van der Waals surface area (Å²) in [6.45, 7) is 3.08. The van der Waals surface area contributed by atoms with Gasteiger partial charge in [0.1, 0.15) is 5.82 Å². The second kappa shape index (κ2) is 9.57. The van der Waals surface area contributed by atoms with Crippen LogP contribution in [0.1, 0.15) is 24.0 Å². The van der Waals surface area contributed by atoms with Gasteiger partial charge < -0.3 is 14.4 Å². The van der Waals surface area contributed by atoms with Gasteiger partial charge in [-0.25, -0.2) is 4.39 Å². The molecule has 1 aromatic heterocycles. The number of aromatic nitrogens is 1. The number of benzene rings is 2. The molecule has 5 rings (SSSR count). The second-order valence-corrected chi connectivity index (χ2v) is 9.06. The highest BCUT2D eigenvalue weighted by Gasteiger charge is 2.46. The van der Waals surface area contributed by atoms with Crippen LogP contribution in [-0.4, -0.2) is 55.3 Å². The standard InChI is InChI=1S/C27H29FN2O3/c28-24-9-2-1-8-23(24)27(10-14-32-15-11-27)26(31)30-13-16-33-19-20(18-30)17-22-6-3-5-21-7-4-12-29-25(21)22/h1-9,12,20H,10-11,13-19H2/t20-/m0/s1. The summed E-state index contributed by atoms with van der Waals surface area (Å²) in [7, 11) is 0. The van der Waals surface area contributed by atoms with Gasteiger partial charge in [0.15, 0.2) is 0 Å². The maximum Gasteiger partial charge on any atom is 0.233 e. The van der Waals surface area contributed by atoms with Gasteiger partial charge in [0.2, 0.25) is 5.91 Å². The molecule has 3 heterocycles. The number of carbonyl (C=O) groups is 1. The summed E-state index contributed by atoms with van der Waals surface area (Å²) in [5.74, 6) is -0.193. The monoisotopic (exact) mass is 448 g/mol. The quantitative estimate of drug-likeness (QED) is 0.602. The summed E-state index contributed by atoms with van der Waals surface area (Å²) in [5.41, 5.74) is 1.75. The Labute approximate surface area is 193 Å². The molecule has 2 aliphatic rings. The summed E-state index contributed by atoms with van der Waals surface area (Å²) in [5, 5.41) is 1.11. The number of rotatable bonds is 4. The number of carbonyl (C=O) groups excluding carboxylic acids is 1. The van der Waals surface area contributed by atoms with Crippen molar-refractivity contribution in [2.24, 2.45) is 5.92 Å². The predicted molar refractivity (Wildman–Crippen MR) is 124 cm³/mol. The third-order valence-corrected chi connectivity index (χ3v) is 6.99. The van der Waals surface area contributed by atoms with Gasteiger partial charge in [-0.05, 0) is 37.0 Å². The third-order valence-electron chi connectivity index (χ3n) is 6.99. The van der Waals surface area contributed by atoms with Crippen molar-refractivity contribution in [2.75, 3.05) is 39.5 Å². The second-order valence-electron chi connectivity index (χ2n) is 9.06. The Kier molecular flexibility index (Phi) is 6.38. The Hall–Kier alpha value is -2.83. The van der Waals surface area contributed by atoms with Gasteiger partial charge in [0, 0.05) is 49.4 Å². The molecule has 33 heavy (non-hydrogen) atoms. The minimum absolute atomic E-state index is 0.0116. The van der Waals surface area contributed by atoms with E-state index in [-0.39, 0.29) is 17.6 Å². The van der Waals surface area contributed by atoms with Crippen LogP contribution in [0.5, 0.6) is 0 Å². The molecule has 0 unspecified atom stereocenters. The van der Waals surface area contributed by atoms with Crippen molar-refractivity contribution in [2.45, 2.75) is 24.7 Å². The van der Waals surface area contributed by atoms with E-state index in [1.807, 2.05) is 23.2 Å². The lowest BCUT2D eigenvalue weighted by atomic mass is 9.72. The molecule has 2 fully saturated rings. The van der Waals surface area contributed by atoms with Crippen LogP contribution < -0.4 is 0 Å². The highest BCUT2D eigenvalue weighted by atomic mass is 19.1. The third kappa shape index (κ3) is 4.37. The van der Waals surface area contributed by atoms with Crippen LogP contribution in [0, 0.1) is 11.7 Å². The molecule has 3 aromatic rings. The number of nitrogens with zero attached hydrogens (tertiary/aromatic N) is 2. The number of ether oxygens (including phenoxy) is 2. The van der Waals surface area contributed by atoms with Crippen molar-refractivity contribution in [3.8, 4) is 0 Å². The van der Waals surface area contributed by atoms with Crippen LogP contribution in [0.4, 0.5) is 4.39 Å². The van der Waals surface area contributed by atoms with E-state index in [0.717, 1.165) is 22.9 Å². The fourth-order valence-electron chi connectivity index (χ4n) is 5.30. The molecule has 0 spiro atoms. The Bertz CT molecular complexity index is 1120. The summed E-state index contributed by atoms with van der Waals surface area (Å²) >= 11 is 0. The summed E-state index contributed by atoms with van der Waals surface area (Å²) < 4.78 is 26.4. The largest absolute Gasteiger partial charge is 0.381 e. The topological polar surface area (TPSA) is 51.7 Å². The molecule has 5 nitrogen and oxygen atoms in total. The van der Waals surface area contributed by atoms with E-state index >= 15 is 0 Å². The van der Waals surface area contributed by atoms with Gasteiger partial charge in [-0.15, -0.1) is 0 Å². The zero-order valence-electron chi connectivity index (χ0n) is 18.7. The molecule has 1 atom stereocenters. The lowest BCUT2D eigenvalue weighted by molar-refractivity contribution is -0.142. The summed E-state index contributed by atoms with van der Waals surface area (Å²) in [4.78, 5) is 20.5. The van der Waals surface area contributed by atoms with Gasteiger partial charge in [-0.2, -0.15) is 0 Å². The highest BCUT2D eigenvalue weighted by Crippen LogP contribution is 2.38. The van der Waals surface area contributed by atoms with E-state index in [0.29, 0.717) is 57.9 Å². The fourth-order valence-corrected chi connectivity index (χ4v) is 5.30. The average molecular weight is 449 g/mol. The molecule has 2 aromatic carbocycles. The number of pyridine rings is 1. The lowest BCUT2D eigenvalue weighted by Gasteiger charge is -2.40. The van der Waals surface area contributed by atoms with Crippen molar-refractivity contribution < 1.29 is 18.7 Å². The number of hydrogen-bond acceptors (Lipinski definition) is 4. The zero-order valence-corrected chi connectivity index (χ0v) is 18.7. The maximum absolute atomic E-state index is 14.9. The molecule has 172 valence electrons. The Morgan fingerprint density at radius 3 is 2.70 bits per heavy atom. The van der Waals surface area contributed by atoms with Crippen molar-refractivity contribution in [3.05, 3.63) is 77.7 Å². The Morgan fingerprint density at radius 1 is 1.03 bits per heavy atom. The van der Waals surface area contributed by atoms with E-state index in [1.165, 1.54) is 6.07 Å². The van der Waals surface area contributed by atoms with Crippen LogP contribution in [0.3, 0.4) is 0 Å². The molecule has 1 amide bonds. The number of para-hydroxylation sites is 1. The van der Waals surface area contributed by atoms with Crippen LogP contribution in [0.2, 0.25) is 0 Å². The molecule has 0 bridgehead atoms. The molecule has 0 aliphatic carbocycles. The molecule has 0 radical (unpaired) electrons. The van der Waals surface area contributed by atoms with Crippen molar-refractivity contribution in [1.29, 1.82) is 0 Å². The van der Waals surface area contributed by atoms with Crippen molar-refractivity contribution >= 4 is 16.8 Å². The molecular formula is C27H29FN2O3. The molecule has 2 saturated heterocycles. The van der Waals surface area contributed by atoms with Gasteiger partial charge >= 0.3 is 0 Å².